The maximum Gasteiger partial charge on any atom is 0.266 e. The molecule has 35 heavy (non-hydrogen) atoms. The molecule has 2 fully saturated rings. The number of amides is 2. The van der Waals surface area contributed by atoms with E-state index in [4.69, 9.17) is 14.3 Å². The van der Waals surface area contributed by atoms with Crippen LogP contribution in [0.2, 0.25) is 0 Å². The summed E-state index contributed by atoms with van der Waals surface area (Å²) in [5, 5.41) is 1.68. The van der Waals surface area contributed by atoms with Gasteiger partial charge in [0.15, 0.2) is 17.6 Å². The van der Waals surface area contributed by atoms with E-state index in [1.807, 2.05) is 54.6 Å². The lowest BCUT2D eigenvalue weighted by Crippen LogP contribution is -2.37. The van der Waals surface area contributed by atoms with E-state index in [-0.39, 0.29) is 11.8 Å². The molecule has 7 nitrogen and oxygen atoms in total. The Morgan fingerprint density at radius 3 is 2.20 bits per heavy atom. The molecule has 2 aliphatic rings. The Balaban J connectivity index is 1.54. The number of nitrogens with zero attached hydrogens (tertiary/aromatic N) is 2. The van der Waals surface area contributed by atoms with Gasteiger partial charge in [-0.25, -0.2) is 9.96 Å². The number of hydroxylamine groups is 1. The minimum absolute atomic E-state index is 0.281. The van der Waals surface area contributed by atoms with Crippen LogP contribution in [0.3, 0.4) is 0 Å². The van der Waals surface area contributed by atoms with Crippen LogP contribution >= 0.6 is 0 Å². The third kappa shape index (κ3) is 4.12. The molecule has 7 heteroatoms. The number of para-hydroxylation sites is 2. The highest BCUT2D eigenvalue weighted by molar-refractivity contribution is 6.23. The molecule has 0 aromatic heterocycles. The number of unbranched alkanes of at least 4 members (excludes halogenated alkanes) is 1. The Labute approximate surface area is 204 Å². The SMILES string of the molecule is CCCCOc1ccc([C@H]2[C@H]3C(=O)N(c4ccccc4)C(=O)[C@@H]3ON2c2ccccc2)cc1OC. The summed E-state index contributed by atoms with van der Waals surface area (Å²) in [5.74, 6) is -0.129. The van der Waals surface area contributed by atoms with Crippen LogP contribution < -0.4 is 19.4 Å². The number of ether oxygens (including phenoxy) is 2. The zero-order valence-corrected chi connectivity index (χ0v) is 19.8. The number of anilines is 2. The van der Waals surface area contributed by atoms with E-state index in [1.165, 1.54) is 4.90 Å². The summed E-state index contributed by atoms with van der Waals surface area (Å²) >= 11 is 0. The zero-order chi connectivity index (χ0) is 24.4. The molecule has 2 heterocycles. The number of imide groups is 1. The molecule has 0 saturated carbocycles. The quantitative estimate of drug-likeness (QED) is 0.342. The van der Waals surface area contributed by atoms with Crippen LogP contribution in [0.25, 0.3) is 0 Å². The van der Waals surface area contributed by atoms with Crippen molar-refractivity contribution >= 4 is 23.2 Å². The van der Waals surface area contributed by atoms with E-state index in [0.29, 0.717) is 23.8 Å². The summed E-state index contributed by atoms with van der Waals surface area (Å²) in [7, 11) is 1.59. The average molecular weight is 473 g/mol. The number of hydrogen-bond acceptors (Lipinski definition) is 6. The van der Waals surface area contributed by atoms with Crippen LogP contribution in [0.15, 0.2) is 78.9 Å². The van der Waals surface area contributed by atoms with Gasteiger partial charge in [-0.3, -0.25) is 14.4 Å². The summed E-state index contributed by atoms with van der Waals surface area (Å²) in [6, 6.07) is 23.6. The van der Waals surface area contributed by atoms with E-state index in [0.717, 1.165) is 24.1 Å². The third-order valence-electron chi connectivity index (χ3n) is 6.43. The molecule has 2 saturated heterocycles. The van der Waals surface area contributed by atoms with Gasteiger partial charge >= 0.3 is 0 Å². The minimum Gasteiger partial charge on any atom is -0.493 e. The fraction of sp³-hybridized carbons (Fsp3) is 0.286. The Morgan fingerprint density at radius 1 is 0.857 bits per heavy atom. The number of benzene rings is 3. The van der Waals surface area contributed by atoms with Crippen LogP contribution in [-0.4, -0.2) is 31.6 Å². The molecule has 2 amide bonds. The van der Waals surface area contributed by atoms with Gasteiger partial charge in [-0.2, -0.15) is 0 Å². The predicted molar refractivity (Wildman–Crippen MR) is 132 cm³/mol. The standard InChI is InChI=1S/C28H28N2O5/c1-3-4-17-34-22-16-15-19(18-23(22)33-2)25-24-26(35-30(25)21-13-9-6-10-14-21)28(32)29(27(24)31)20-11-7-5-8-12-20/h5-16,18,24-26H,3-4,17H2,1-2H3/t24-,25+,26-/m1/s1. The smallest absolute Gasteiger partial charge is 0.266 e. The van der Waals surface area contributed by atoms with Gasteiger partial charge in [0.2, 0.25) is 5.91 Å². The normalized spacial score (nSPS) is 21.4. The van der Waals surface area contributed by atoms with Crippen LogP contribution in [-0.2, 0) is 14.4 Å². The van der Waals surface area contributed by atoms with Crippen LogP contribution in [0.1, 0.15) is 31.4 Å². The fourth-order valence-electron chi connectivity index (χ4n) is 4.70. The Bertz CT molecular complexity index is 1200. The first kappa shape index (κ1) is 22.9. The van der Waals surface area contributed by atoms with Crippen molar-refractivity contribution in [2.45, 2.75) is 31.9 Å². The van der Waals surface area contributed by atoms with E-state index < -0.39 is 18.1 Å². The fourth-order valence-corrected chi connectivity index (χ4v) is 4.70. The summed E-state index contributed by atoms with van der Waals surface area (Å²) < 4.78 is 11.5. The molecular formula is C28H28N2O5. The summed E-state index contributed by atoms with van der Waals surface area (Å²) in [4.78, 5) is 34.5. The van der Waals surface area contributed by atoms with Crippen LogP contribution in [0.4, 0.5) is 11.4 Å². The number of fused-ring (bicyclic) bond motifs is 1. The second kappa shape index (κ2) is 9.80. The number of carbonyl (C=O) groups excluding carboxylic acids is 2. The van der Waals surface area contributed by atoms with Gasteiger partial charge in [-0.05, 0) is 48.4 Å². The van der Waals surface area contributed by atoms with E-state index in [9.17, 15) is 9.59 Å². The second-order valence-corrected chi connectivity index (χ2v) is 8.62. The molecule has 3 atom stereocenters. The number of methoxy groups -OCH3 is 1. The molecule has 3 aromatic carbocycles. The van der Waals surface area contributed by atoms with Crippen LogP contribution in [0.5, 0.6) is 11.5 Å². The van der Waals surface area contributed by atoms with Crippen molar-refractivity contribution in [2.24, 2.45) is 5.92 Å². The van der Waals surface area contributed by atoms with Gasteiger partial charge in [-0.1, -0.05) is 55.8 Å². The molecular weight excluding hydrogens is 444 g/mol. The molecule has 3 aromatic rings. The molecule has 0 aliphatic carbocycles. The minimum atomic E-state index is -0.917. The first-order valence-electron chi connectivity index (χ1n) is 11.9. The monoisotopic (exact) mass is 472 g/mol. The Morgan fingerprint density at radius 2 is 1.54 bits per heavy atom. The molecule has 180 valence electrons. The second-order valence-electron chi connectivity index (χ2n) is 8.62. The molecule has 0 unspecified atom stereocenters. The van der Waals surface area contributed by atoms with E-state index in [2.05, 4.69) is 6.92 Å². The van der Waals surface area contributed by atoms with Gasteiger partial charge in [0.1, 0.15) is 5.92 Å². The number of carbonyl (C=O) groups is 2. The highest BCUT2D eigenvalue weighted by atomic mass is 16.7. The zero-order valence-electron chi connectivity index (χ0n) is 19.8. The van der Waals surface area contributed by atoms with Gasteiger partial charge in [0, 0.05) is 0 Å². The van der Waals surface area contributed by atoms with Gasteiger partial charge < -0.3 is 9.47 Å². The average Bonchev–Trinajstić information content (AvgIpc) is 3.41. The van der Waals surface area contributed by atoms with E-state index >= 15 is 0 Å². The van der Waals surface area contributed by atoms with Gasteiger partial charge in [0.05, 0.1) is 31.1 Å². The van der Waals surface area contributed by atoms with Crippen molar-refractivity contribution in [1.29, 1.82) is 0 Å². The van der Waals surface area contributed by atoms with E-state index in [1.54, 1.807) is 36.4 Å². The molecule has 2 aliphatic heterocycles. The lowest BCUT2D eigenvalue weighted by Gasteiger charge is -2.29. The summed E-state index contributed by atoms with van der Waals surface area (Å²) in [6.45, 7) is 2.70. The van der Waals surface area contributed by atoms with Gasteiger partial charge in [-0.15, -0.1) is 0 Å². The first-order valence-corrected chi connectivity index (χ1v) is 11.9. The lowest BCUT2D eigenvalue weighted by atomic mass is 9.90. The highest BCUT2D eigenvalue weighted by Crippen LogP contribution is 2.48. The van der Waals surface area contributed by atoms with Crippen molar-refractivity contribution in [3.63, 3.8) is 0 Å². The number of rotatable bonds is 8. The first-order chi connectivity index (χ1) is 17.1. The van der Waals surface area contributed by atoms with Crippen molar-refractivity contribution in [2.75, 3.05) is 23.7 Å². The van der Waals surface area contributed by atoms with Crippen molar-refractivity contribution < 1.29 is 23.9 Å². The molecule has 5 rings (SSSR count). The molecule has 0 bridgehead atoms. The Hall–Kier alpha value is -3.84. The Kier molecular flexibility index (Phi) is 6.42. The number of hydrogen-bond donors (Lipinski definition) is 0. The van der Waals surface area contributed by atoms with Gasteiger partial charge in [0.25, 0.3) is 5.91 Å². The van der Waals surface area contributed by atoms with Crippen molar-refractivity contribution in [3.05, 3.63) is 84.4 Å². The largest absolute Gasteiger partial charge is 0.493 e. The lowest BCUT2D eigenvalue weighted by molar-refractivity contribution is -0.126. The maximum atomic E-state index is 13.7. The summed E-state index contributed by atoms with van der Waals surface area (Å²) in [6.07, 6.45) is 1.06. The third-order valence-corrected chi connectivity index (χ3v) is 6.43. The van der Waals surface area contributed by atoms with Crippen LogP contribution in [0, 0.1) is 5.92 Å². The maximum absolute atomic E-state index is 13.7. The highest BCUT2D eigenvalue weighted by Gasteiger charge is 2.60. The molecule has 0 N–H and O–H groups in total. The van der Waals surface area contributed by atoms with Crippen molar-refractivity contribution in [3.8, 4) is 11.5 Å². The molecule has 0 spiro atoms. The van der Waals surface area contributed by atoms with Crippen molar-refractivity contribution in [1.82, 2.24) is 0 Å². The summed E-state index contributed by atoms with van der Waals surface area (Å²) in [5.41, 5.74) is 2.11. The molecule has 0 radical (unpaired) electrons. The topological polar surface area (TPSA) is 68.3 Å². The predicted octanol–water partition coefficient (Wildman–Crippen LogP) is 4.93.